The van der Waals surface area contributed by atoms with E-state index in [9.17, 15) is 0 Å². The van der Waals surface area contributed by atoms with E-state index in [2.05, 4.69) is 35.1 Å². The highest BCUT2D eigenvalue weighted by molar-refractivity contribution is 5.13. The Morgan fingerprint density at radius 2 is 2.28 bits per heavy atom. The number of hydrogen-bond acceptors (Lipinski definition) is 3. The highest BCUT2D eigenvalue weighted by Crippen LogP contribution is 2.33. The molecule has 0 spiro atoms. The third kappa shape index (κ3) is 2.57. The molecule has 1 saturated carbocycles. The largest absolute Gasteiger partial charge is 0.306 e. The van der Waals surface area contributed by atoms with Gasteiger partial charge in [-0.15, -0.1) is 0 Å². The van der Waals surface area contributed by atoms with Gasteiger partial charge in [-0.1, -0.05) is 6.07 Å². The quantitative estimate of drug-likeness (QED) is 0.882. The van der Waals surface area contributed by atoms with Crippen molar-refractivity contribution < 1.29 is 0 Å². The lowest BCUT2D eigenvalue weighted by atomic mass is 10.1. The summed E-state index contributed by atoms with van der Waals surface area (Å²) in [6.07, 6.45) is 7.91. The normalized spacial score (nSPS) is 30.6. The van der Waals surface area contributed by atoms with Crippen LogP contribution in [0.5, 0.6) is 0 Å². The van der Waals surface area contributed by atoms with E-state index >= 15 is 0 Å². The molecule has 98 valence electrons. The number of likely N-dealkylation sites (tertiary alicyclic amines) is 1. The number of hydrogen-bond donors (Lipinski definition) is 1. The summed E-state index contributed by atoms with van der Waals surface area (Å²) in [7, 11) is 0. The summed E-state index contributed by atoms with van der Waals surface area (Å²) in [4.78, 5) is 6.89. The summed E-state index contributed by atoms with van der Waals surface area (Å²) in [5, 5.41) is 3.76. The molecule has 0 bridgehead atoms. The second kappa shape index (κ2) is 4.98. The number of pyridine rings is 1. The first-order valence-electron chi connectivity index (χ1n) is 7.16. The van der Waals surface area contributed by atoms with E-state index in [-0.39, 0.29) is 0 Å². The highest BCUT2D eigenvalue weighted by atomic mass is 15.3. The van der Waals surface area contributed by atoms with Crippen LogP contribution in [-0.4, -0.2) is 34.6 Å². The first-order chi connectivity index (χ1) is 8.74. The number of nitrogens with zero attached hydrogens (tertiary/aromatic N) is 2. The molecule has 2 fully saturated rings. The lowest BCUT2D eigenvalue weighted by molar-refractivity contribution is 0.254. The summed E-state index contributed by atoms with van der Waals surface area (Å²) in [5.41, 5.74) is 1.29. The van der Waals surface area contributed by atoms with Gasteiger partial charge in [-0.05, 0) is 44.7 Å². The van der Waals surface area contributed by atoms with Crippen molar-refractivity contribution in [3.63, 3.8) is 0 Å². The summed E-state index contributed by atoms with van der Waals surface area (Å²) in [6.45, 7) is 5.83. The van der Waals surface area contributed by atoms with Crippen LogP contribution in [0.25, 0.3) is 0 Å². The maximum absolute atomic E-state index is 4.20. The Labute approximate surface area is 110 Å². The van der Waals surface area contributed by atoms with Crippen LogP contribution < -0.4 is 5.32 Å². The lowest BCUT2D eigenvalue weighted by Gasteiger charge is -2.21. The van der Waals surface area contributed by atoms with E-state index in [4.69, 9.17) is 0 Å². The van der Waals surface area contributed by atoms with E-state index in [1.54, 1.807) is 0 Å². The molecule has 1 aromatic heterocycles. The zero-order chi connectivity index (χ0) is 12.5. The van der Waals surface area contributed by atoms with Gasteiger partial charge in [0.15, 0.2) is 0 Å². The van der Waals surface area contributed by atoms with E-state index in [1.807, 2.05) is 18.5 Å². The Balaban J connectivity index is 1.57. The van der Waals surface area contributed by atoms with Gasteiger partial charge in [-0.2, -0.15) is 0 Å². The smallest absolute Gasteiger partial charge is 0.0315 e. The highest BCUT2D eigenvalue weighted by Gasteiger charge is 2.38. The fraction of sp³-hybridized carbons (Fsp3) is 0.667. The van der Waals surface area contributed by atoms with Crippen molar-refractivity contribution in [3.05, 3.63) is 30.1 Å². The third-order valence-corrected chi connectivity index (χ3v) is 4.31. The molecule has 3 heteroatoms. The van der Waals surface area contributed by atoms with Crippen LogP contribution in [-0.2, 0) is 0 Å². The fourth-order valence-corrected chi connectivity index (χ4v) is 3.17. The summed E-state index contributed by atoms with van der Waals surface area (Å²) >= 11 is 0. The zero-order valence-corrected chi connectivity index (χ0v) is 11.3. The van der Waals surface area contributed by atoms with Crippen LogP contribution in [0.1, 0.15) is 44.7 Å². The minimum atomic E-state index is 0.398. The molecule has 3 unspecified atom stereocenters. The van der Waals surface area contributed by atoms with Crippen molar-refractivity contribution in [1.29, 1.82) is 0 Å². The minimum absolute atomic E-state index is 0.398. The first kappa shape index (κ1) is 12.1. The monoisotopic (exact) mass is 245 g/mol. The summed E-state index contributed by atoms with van der Waals surface area (Å²) in [5.74, 6) is 0. The van der Waals surface area contributed by atoms with Crippen LogP contribution in [0.2, 0.25) is 0 Å². The van der Waals surface area contributed by atoms with Gasteiger partial charge < -0.3 is 5.32 Å². The topological polar surface area (TPSA) is 28.2 Å². The minimum Gasteiger partial charge on any atom is -0.306 e. The molecular formula is C15H23N3. The van der Waals surface area contributed by atoms with Crippen molar-refractivity contribution in [3.8, 4) is 0 Å². The van der Waals surface area contributed by atoms with E-state index < -0.39 is 0 Å². The Hall–Kier alpha value is -0.930. The van der Waals surface area contributed by atoms with Gasteiger partial charge in [0.2, 0.25) is 0 Å². The molecule has 3 atom stereocenters. The first-order valence-corrected chi connectivity index (χ1v) is 7.16. The van der Waals surface area contributed by atoms with Crippen LogP contribution in [0.3, 0.4) is 0 Å². The fourth-order valence-electron chi connectivity index (χ4n) is 3.17. The Bertz CT molecular complexity index is 388. The predicted octanol–water partition coefficient (Wildman–Crippen LogP) is 2.36. The standard InChI is InChI=1S/C15H23N3/c1-11-8-14(10-18(11)15-5-6-15)17-12(2)13-4-3-7-16-9-13/h3-4,7,9,11-12,14-15,17H,5-6,8,10H2,1-2H3. The molecule has 1 aliphatic carbocycles. The molecule has 1 aromatic rings. The molecule has 0 aromatic carbocycles. The molecule has 1 N–H and O–H groups in total. The SMILES string of the molecule is CC(NC1CC(C)N(C2CC2)C1)c1cccnc1. The van der Waals surface area contributed by atoms with E-state index in [0.29, 0.717) is 12.1 Å². The van der Waals surface area contributed by atoms with E-state index in [1.165, 1.54) is 31.4 Å². The molecule has 1 aliphatic heterocycles. The molecule has 2 aliphatic rings. The van der Waals surface area contributed by atoms with Crippen molar-refractivity contribution in [2.24, 2.45) is 0 Å². The van der Waals surface area contributed by atoms with Crippen molar-refractivity contribution in [2.45, 2.75) is 57.3 Å². The maximum Gasteiger partial charge on any atom is 0.0315 e. The van der Waals surface area contributed by atoms with Crippen LogP contribution in [0, 0.1) is 0 Å². The van der Waals surface area contributed by atoms with Crippen molar-refractivity contribution >= 4 is 0 Å². The molecule has 18 heavy (non-hydrogen) atoms. The second-order valence-electron chi connectivity index (χ2n) is 5.88. The van der Waals surface area contributed by atoms with Crippen LogP contribution >= 0.6 is 0 Å². The van der Waals surface area contributed by atoms with Gasteiger partial charge in [0.1, 0.15) is 0 Å². The van der Waals surface area contributed by atoms with Gasteiger partial charge in [-0.3, -0.25) is 9.88 Å². The van der Waals surface area contributed by atoms with Gasteiger partial charge in [0.25, 0.3) is 0 Å². The van der Waals surface area contributed by atoms with E-state index in [0.717, 1.165) is 12.1 Å². The summed E-state index contributed by atoms with van der Waals surface area (Å²) < 4.78 is 0. The molecule has 0 radical (unpaired) electrons. The van der Waals surface area contributed by atoms with Gasteiger partial charge >= 0.3 is 0 Å². The lowest BCUT2D eigenvalue weighted by Crippen LogP contribution is -2.35. The maximum atomic E-state index is 4.20. The van der Waals surface area contributed by atoms with Gasteiger partial charge in [0.05, 0.1) is 0 Å². The van der Waals surface area contributed by atoms with Crippen molar-refractivity contribution in [1.82, 2.24) is 15.2 Å². The molecule has 0 amide bonds. The number of aromatic nitrogens is 1. The zero-order valence-electron chi connectivity index (χ0n) is 11.3. The van der Waals surface area contributed by atoms with Gasteiger partial charge in [-0.25, -0.2) is 0 Å². The molecule has 1 saturated heterocycles. The number of rotatable bonds is 4. The average molecular weight is 245 g/mol. The van der Waals surface area contributed by atoms with Gasteiger partial charge in [0, 0.05) is 43.1 Å². The van der Waals surface area contributed by atoms with Crippen LogP contribution in [0.15, 0.2) is 24.5 Å². The van der Waals surface area contributed by atoms with Crippen molar-refractivity contribution in [2.75, 3.05) is 6.54 Å². The Morgan fingerprint density at radius 3 is 2.94 bits per heavy atom. The van der Waals surface area contributed by atoms with Crippen LogP contribution in [0.4, 0.5) is 0 Å². The Morgan fingerprint density at radius 1 is 1.44 bits per heavy atom. The second-order valence-corrected chi connectivity index (χ2v) is 5.88. The molecule has 3 nitrogen and oxygen atoms in total. The molecular weight excluding hydrogens is 222 g/mol. The summed E-state index contributed by atoms with van der Waals surface area (Å²) in [6, 6.07) is 6.84. The molecule has 3 rings (SSSR count). The predicted molar refractivity (Wildman–Crippen MR) is 73.4 cm³/mol. The number of nitrogens with one attached hydrogen (secondary N) is 1. The molecule has 2 heterocycles. The Kier molecular flexibility index (Phi) is 3.35. The average Bonchev–Trinajstić information content (AvgIpc) is 3.15. The third-order valence-electron chi connectivity index (χ3n) is 4.31.